The summed E-state index contributed by atoms with van der Waals surface area (Å²) >= 11 is 7.16. The minimum atomic E-state index is -3.88. The molecule has 2 aliphatic rings. The Morgan fingerprint density at radius 2 is 1.85 bits per heavy atom. The molecule has 2 fully saturated rings. The second-order valence-electron chi connectivity index (χ2n) is 7.05. The molecule has 0 bridgehead atoms. The molecule has 0 aromatic heterocycles. The average molecular weight is 429 g/mol. The Bertz CT molecular complexity index is 803. The molecule has 1 atom stereocenters. The molecule has 1 aromatic rings. The topological polar surface area (TPSA) is 66.8 Å². The third kappa shape index (κ3) is 4.87. The summed E-state index contributed by atoms with van der Waals surface area (Å²) in [5.74, 6) is 0.0189. The van der Waals surface area contributed by atoms with Crippen molar-refractivity contribution in [3.63, 3.8) is 0 Å². The molecule has 0 N–H and O–H groups in total. The number of sulfonamides is 1. The van der Waals surface area contributed by atoms with E-state index in [0.717, 1.165) is 44.9 Å². The Labute approximate surface area is 170 Å². The quantitative estimate of drug-likeness (QED) is 0.649. The largest absolute Gasteiger partial charge is 0.287 e. The number of carbonyl (C=O) groups is 1. The Hall–Kier alpha value is -1.05. The molecule has 1 aliphatic heterocycles. The van der Waals surface area contributed by atoms with E-state index in [0.29, 0.717) is 10.2 Å². The van der Waals surface area contributed by atoms with Gasteiger partial charge in [0.15, 0.2) is 5.17 Å². The maximum atomic E-state index is 13.0. The normalized spacial score (nSPS) is 23.3. The third-order valence-corrected chi connectivity index (χ3v) is 7.91. The van der Waals surface area contributed by atoms with E-state index in [1.165, 1.54) is 42.4 Å². The van der Waals surface area contributed by atoms with Crippen LogP contribution in [-0.4, -0.2) is 35.7 Å². The van der Waals surface area contributed by atoms with Gasteiger partial charge in [0, 0.05) is 11.1 Å². The first-order valence-electron chi connectivity index (χ1n) is 9.52. The number of rotatable bonds is 6. The molecule has 8 heteroatoms. The molecule has 1 saturated carbocycles. The summed E-state index contributed by atoms with van der Waals surface area (Å²) in [4.78, 5) is 14.8. The zero-order chi connectivity index (χ0) is 19.4. The molecule has 1 aliphatic carbocycles. The molecule has 1 amide bonds. The summed E-state index contributed by atoms with van der Waals surface area (Å²) in [7, 11) is -3.88. The van der Waals surface area contributed by atoms with Crippen molar-refractivity contribution >= 4 is 44.5 Å². The summed E-state index contributed by atoms with van der Waals surface area (Å²) in [6, 6.07) is 6.02. The smallest absolute Gasteiger partial charge is 0.284 e. The van der Waals surface area contributed by atoms with E-state index in [1.807, 2.05) is 0 Å². The number of halogens is 1. The predicted molar refractivity (Wildman–Crippen MR) is 111 cm³/mol. The summed E-state index contributed by atoms with van der Waals surface area (Å²) in [5, 5.41) is 0.574. The van der Waals surface area contributed by atoms with Gasteiger partial charge in [0.2, 0.25) is 5.91 Å². The van der Waals surface area contributed by atoms with Crippen LogP contribution < -0.4 is 0 Å². The first kappa shape index (κ1) is 20.7. The lowest BCUT2D eigenvalue weighted by atomic mass is 9.94. The Morgan fingerprint density at radius 1 is 1.19 bits per heavy atom. The fraction of sp³-hybridized carbons (Fsp3) is 0.579. The van der Waals surface area contributed by atoms with Gasteiger partial charge in [-0.25, -0.2) is 0 Å². The van der Waals surface area contributed by atoms with Gasteiger partial charge in [-0.15, -0.1) is 4.40 Å². The first-order chi connectivity index (χ1) is 12.9. The van der Waals surface area contributed by atoms with Gasteiger partial charge in [-0.3, -0.25) is 9.69 Å². The zero-order valence-electron chi connectivity index (χ0n) is 15.4. The fourth-order valence-corrected chi connectivity index (χ4v) is 6.14. The van der Waals surface area contributed by atoms with Crippen LogP contribution in [0.25, 0.3) is 0 Å². The Morgan fingerprint density at radius 3 is 2.48 bits per heavy atom. The molecule has 1 heterocycles. The molecular weight excluding hydrogens is 404 g/mol. The first-order valence-corrected chi connectivity index (χ1v) is 12.2. The van der Waals surface area contributed by atoms with Gasteiger partial charge < -0.3 is 0 Å². The van der Waals surface area contributed by atoms with Crippen molar-refractivity contribution in [2.75, 3.05) is 0 Å². The predicted octanol–water partition coefficient (Wildman–Crippen LogP) is 4.85. The number of carbonyl (C=O) groups excluding carboxylic acids is 1. The van der Waals surface area contributed by atoms with Crippen molar-refractivity contribution in [2.24, 2.45) is 4.40 Å². The van der Waals surface area contributed by atoms with Crippen LogP contribution in [0.15, 0.2) is 33.6 Å². The second-order valence-corrected chi connectivity index (χ2v) is 10.3. The van der Waals surface area contributed by atoms with Gasteiger partial charge >= 0.3 is 0 Å². The van der Waals surface area contributed by atoms with E-state index in [4.69, 9.17) is 11.6 Å². The summed E-state index contributed by atoms with van der Waals surface area (Å²) < 4.78 is 29.6. The van der Waals surface area contributed by atoms with Gasteiger partial charge in [0.25, 0.3) is 10.0 Å². The van der Waals surface area contributed by atoms with Crippen LogP contribution in [0.2, 0.25) is 5.02 Å². The Balaban J connectivity index is 1.92. The van der Waals surface area contributed by atoms with Gasteiger partial charge in [-0.1, -0.05) is 62.4 Å². The lowest BCUT2D eigenvalue weighted by Gasteiger charge is -2.30. The standard InChI is InChI=1S/C19H25ClN2O3S2/c1-2-3-9-17-18(23)22(15-7-5-4-6-8-15)19(26-17)21-27(24,25)16-12-10-14(20)11-13-16/h10-13,15,17H,2-9H2,1H3/b21-19+. The molecule has 1 aromatic carbocycles. The number of nitrogens with zero attached hydrogens (tertiary/aromatic N) is 2. The number of unbranched alkanes of at least 4 members (excludes halogenated alkanes) is 1. The number of hydrogen-bond donors (Lipinski definition) is 0. The van der Waals surface area contributed by atoms with Crippen LogP contribution in [0.5, 0.6) is 0 Å². The molecule has 148 valence electrons. The van der Waals surface area contributed by atoms with E-state index in [-0.39, 0.29) is 22.1 Å². The highest BCUT2D eigenvalue weighted by Crippen LogP contribution is 2.36. The number of benzene rings is 1. The number of hydrogen-bond acceptors (Lipinski definition) is 4. The van der Waals surface area contributed by atoms with Crippen LogP contribution in [0, 0.1) is 0 Å². The van der Waals surface area contributed by atoms with E-state index >= 15 is 0 Å². The molecule has 1 unspecified atom stereocenters. The van der Waals surface area contributed by atoms with E-state index < -0.39 is 10.0 Å². The molecule has 27 heavy (non-hydrogen) atoms. The number of amides is 1. The molecule has 5 nitrogen and oxygen atoms in total. The molecule has 1 saturated heterocycles. The fourth-order valence-electron chi connectivity index (χ4n) is 3.56. The van der Waals surface area contributed by atoms with Crippen molar-refractivity contribution < 1.29 is 13.2 Å². The van der Waals surface area contributed by atoms with E-state index in [1.54, 1.807) is 4.90 Å². The third-order valence-electron chi connectivity index (χ3n) is 5.04. The number of thioether (sulfide) groups is 1. The Kier molecular flexibility index (Phi) is 6.87. The van der Waals surface area contributed by atoms with Crippen LogP contribution in [0.4, 0.5) is 0 Å². The van der Waals surface area contributed by atoms with Crippen molar-refractivity contribution in [3.8, 4) is 0 Å². The highest BCUT2D eigenvalue weighted by atomic mass is 35.5. The lowest BCUT2D eigenvalue weighted by Crippen LogP contribution is -2.42. The maximum Gasteiger partial charge on any atom is 0.284 e. The highest BCUT2D eigenvalue weighted by Gasteiger charge is 2.42. The van der Waals surface area contributed by atoms with Gasteiger partial charge in [-0.2, -0.15) is 8.42 Å². The second kappa shape index (κ2) is 8.97. The maximum absolute atomic E-state index is 13.0. The van der Waals surface area contributed by atoms with Crippen molar-refractivity contribution in [1.29, 1.82) is 0 Å². The summed E-state index contributed by atoms with van der Waals surface area (Å²) in [6.07, 6.45) is 7.82. The monoisotopic (exact) mass is 428 g/mol. The van der Waals surface area contributed by atoms with Crippen LogP contribution in [0.3, 0.4) is 0 Å². The van der Waals surface area contributed by atoms with Crippen LogP contribution in [0.1, 0.15) is 58.3 Å². The van der Waals surface area contributed by atoms with Crippen LogP contribution in [-0.2, 0) is 14.8 Å². The average Bonchev–Trinajstić information content (AvgIpc) is 2.95. The van der Waals surface area contributed by atoms with Crippen molar-refractivity contribution in [3.05, 3.63) is 29.3 Å². The summed E-state index contributed by atoms with van der Waals surface area (Å²) in [6.45, 7) is 2.09. The minimum absolute atomic E-state index is 0.0189. The van der Waals surface area contributed by atoms with E-state index in [9.17, 15) is 13.2 Å². The summed E-state index contributed by atoms with van der Waals surface area (Å²) in [5.41, 5.74) is 0. The zero-order valence-corrected chi connectivity index (χ0v) is 17.8. The van der Waals surface area contributed by atoms with Gasteiger partial charge in [-0.05, 0) is 43.5 Å². The molecule has 3 rings (SSSR count). The lowest BCUT2D eigenvalue weighted by molar-refractivity contribution is -0.128. The molecule has 0 spiro atoms. The van der Waals surface area contributed by atoms with E-state index in [2.05, 4.69) is 11.3 Å². The van der Waals surface area contributed by atoms with Crippen molar-refractivity contribution in [2.45, 2.75) is 74.5 Å². The van der Waals surface area contributed by atoms with Gasteiger partial charge in [0.1, 0.15) is 0 Å². The van der Waals surface area contributed by atoms with Crippen molar-refractivity contribution in [1.82, 2.24) is 4.90 Å². The highest BCUT2D eigenvalue weighted by molar-refractivity contribution is 8.16. The molecular formula is C19H25ClN2O3S2. The SMILES string of the molecule is CCCCC1S/C(=N/S(=O)(=O)c2ccc(Cl)cc2)N(C2CCCCC2)C1=O. The minimum Gasteiger partial charge on any atom is -0.287 e. The number of amidine groups is 1. The van der Waals surface area contributed by atoms with Gasteiger partial charge in [0.05, 0.1) is 10.1 Å². The molecule has 0 radical (unpaired) electrons. The van der Waals surface area contributed by atoms with Crippen LogP contribution >= 0.6 is 23.4 Å².